The Hall–Kier alpha value is -3.20. The van der Waals surface area contributed by atoms with Crippen molar-refractivity contribution in [3.05, 3.63) is 70.7 Å². The minimum atomic E-state index is -4.50. The normalized spacial score (nSPS) is 17.7. The number of anilines is 1. The highest BCUT2D eigenvalue weighted by atomic mass is 19.4. The molecule has 0 saturated carbocycles. The van der Waals surface area contributed by atoms with Crippen LogP contribution in [0.25, 0.3) is 5.57 Å². The number of ether oxygens (including phenoxy) is 1. The van der Waals surface area contributed by atoms with Gasteiger partial charge in [-0.15, -0.1) is 0 Å². The molecule has 1 aliphatic heterocycles. The predicted octanol–water partition coefficient (Wildman–Crippen LogP) is 4.61. The lowest BCUT2D eigenvalue weighted by molar-refractivity contribution is -0.141. The van der Waals surface area contributed by atoms with Crippen LogP contribution < -0.4 is 15.4 Å². The Morgan fingerprint density at radius 3 is 2.57 bits per heavy atom. The summed E-state index contributed by atoms with van der Waals surface area (Å²) in [6.45, 7) is 5.60. The van der Waals surface area contributed by atoms with E-state index >= 15 is 0 Å². The van der Waals surface area contributed by atoms with Gasteiger partial charge in [-0.2, -0.15) is 18.3 Å². The Bertz CT molecular complexity index is 1150. The zero-order valence-corrected chi connectivity index (χ0v) is 20.4. The fourth-order valence-electron chi connectivity index (χ4n) is 4.80. The quantitative estimate of drug-likeness (QED) is 0.645. The van der Waals surface area contributed by atoms with Crippen molar-refractivity contribution in [2.45, 2.75) is 25.9 Å². The van der Waals surface area contributed by atoms with Crippen LogP contribution >= 0.6 is 0 Å². The SMILES string of the molecule is COc1cccc(N2CCN(/C(=C/CN)C3=C(C)CCC(c4cn(C)nc4C(F)(F)F)=C3)CC2)c1. The van der Waals surface area contributed by atoms with Gasteiger partial charge in [-0.1, -0.05) is 11.6 Å². The van der Waals surface area contributed by atoms with E-state index < -0.39 is 11.9 Å². The lowest BCUT2D eigenvalue weighted by atomic mass is 9.87. The van der Waals surface area contributed by atoms with Crippen LogP contribution in [0.5, 0.6) is 5.75 Å². The van der Waals surface area contributed by atoms with Crippen molar-refractivity contribution in [1.82, 2.24) is 14.7 Å². The molecule has 6 nitrogen and oxygen atoms in total. The first kappa shape index (κ1) is 24.9. The maximum atomic E-state index is 13.6. The molecular formula is C26H32F3N5O. The van der Waals surface area contributed by atoms with Crippen LogP contribution in [0.4, 0.5) is 18.9 Å². The van der Waals surface area contributed by atoms with Crippen molar-refractivity contribution in [3.8, 4) is 5.75 Å². The van der Waals surface area contributed by atoms with Crippen molar-refractivity contribution < 1.29 is 17.9 Å². The molecule has 1 fully saturated rings. The van der Waals surface area contributed by atoms with Gasteiger partial charge < -0.3 is 20.3 Å². The zero-order chi connectivity index (χ0) is 25.2. The molecule has 35 heavy (non-hydrogen) atoms. The summed E-state index contributed by atoms with van der Waals surface area (Å²) in [5, 5.41) is 3.70. The van der Waals surface area contributed by atoms with E-state index in [-0.39, 0.29) is 5.56 Å². The minimum absolute atomic E-state index is 0.153. The average Bonchev–Trinajstić information content (AvgIpc) is 3.25. The van der Waals surface area contributed by atoms with Gasteiger partial charge in [0.25, 0.3) is 0 Å². The molecular weight excluding hydrogens is 455 g/mol. The summed E-state index contributed by atoms with van der Waals surface area (Å²) in [5.41, 5.74) is 10.1. The summed E-state index contributed by atoms with van der Waals surface area (Å²) in [5.74, 6) is 0.822. The fraction of sp³-hybridized carbons (Fsp3) is 0.423. The number of aryl methyl sites for hydroxylation is 1. The van der Waals surface area contributed by atoms with Gasteiger partial charge in [0.15, 0.2) is 5.69 Å². The van der Waals surface area contributed by atoms with E-state index in [2.05, 4.69) is 21.0 Å². The van der Waals surface area contributed by atoms with Gasteiger partial charge in [-0.3, -0.25) is 4.68 Å². The van der Waals surface area contributed by atoms with E-state index in [1.165, 1.54) is 17.9 Å². The maximum Gasteiger partial charge on any atom is 0.435 e. The molecule has 0 radical (unpaired) electrons. The predicted molar refractivity (Wildman–Crippen MR) is 132 cm³/mol. The number of hydrogen-bond donors (Lipinski definition) is 1. The number of aromatic nitrogens is 2. The second kappa shape index (κ2) is 10.2. The summed E-state index contributed by atoms with van der Waals surface area (Å²) in [6.07, 6.45) is 2.09. The summed E-state index contributed by atoms with van der Waals surface area (Å²) < 4.78 is 47.5. The third-order valence-electron chi connectivity index (χ3n) is 6.62. The summed E-state index contributed by atoms with van der Waals surface area (Å²) >= 11 is 0. The molecule has 2 heterocycles. The number of nitrogens with two attached hydrogens (primary N) is 1. The molecule has 1 aromatic carbocycles. The first-order valence-electron chi connectivity index (χ1n) is 11.8. The van der Waals surface area contributed by atoms with E-state index in [0.29, 0.717) is 25.0 Å². The smallest absolute Gasteiger partial charge is 0.435 e. The monoisotopic (exact) mass is 487 g/mol. The van der Waals surface area contributed by atoms with Crippen LogP contribution in [0.2, 0.25) is 0 Å². The van der Waals surface area contributed by atoms with Crippen LogP contribution in [0.15, 0.2) is 59.5 Å². The third-order valence-corrected chi connectivity index (χ3v) is 6.62. The molecule has 1 saturated heterocycles. The number of hydrogen-bond acceptors (Lipinski definition) is 5. The molecule has 1 aliphatic carbocycles. The maximum absolute atomic E-state index is 13.6. The third kappa shape index (κ3) is 5.40. The molecule has 0 unspecified atom stereocenters. The van der Waals surface area contributed by atoms with Gasteiger partial charge in [-0.05, 0) is 55.2 Å². The number of halogens is 3. The minimum Gasteiger partial charge on any atom is -0.497 e. The highest BCUT2D eigenvalue weighted by Gasteiger charge is 2.38. The van der Waals surface area contributed by atoms with E-state index in [0.717, 1.165) is 54.5 Å². The highest BCUT2D eigenvalue weighted by Crippen LogP contribution is 2.40. The Morgan fingerprint density at radius 1 is 1.17 bits per heavy atom. The lowest BCUT2D eigenvalue weighted by Gasteiger charge is -2.39. The molecule has 2 N–H and O–H groups in total. The van der Waals surface area contributed by atoms with Crippen LogP contribution in [-0.4, -0.2) is 54.5 Å². The van der Waals surface area contributed by atoms with Crippen molar-refractivity contribution in [2.24, 2.45) is 12.8 Å². The fourth-order valence-corrected chi connectivity index (χ4v) is 4.80. The average molecular weight is 488 g/mol. The van der Waals surface area contributed by atoms with E-state index in [4.69, 9.17) is 10.5 Å². The standard InChI is InChI=1S/C26H32F3N5O/c1-18-7-8-19(23-17-32(2)31-25(23)26(27,28)29)15-22(18)24(9-10-30)34-13-11-33(12-14-34)20-5-4-6-21(16-20)35-3/h4-6,9,15-17H,7-8,10-14,30H2,1-3H3/b24-9+. The van der Waals surface area contributed by atoms with Crippen LogP contribution in [0, 0.1) is 0 Å². The zero-order valence-electron chi connectivity index (χ0n) is 20.4. The summed E-state index contributed by atoms with van der Waals surface area (Å²) in [6, 6.07) is 8.01. The van der Waals surface area contributed by atoms with Crippen molar-refractivity contribution in [2.75, 3.05) is 44.7 Å². The van der Waals surface area contributed by atoms with Crippen molar-refractivity contribution in [3.63, 3.8) is 0 Å². The van der Waals surface area contributed by atoms with Crippen molar-refractivity contribution >= 4 is 11.3 Å². The first-order valence-corrected chi connectivity index (χ1v) is 11.8. The van der Waals surface area contributed by atoms with Gasteiger partial charge in [0.1, 0.15) is 5.75 Å². The molecule has 2 aliphatic rings. The van der Waals surface area contributed by atoms with Gasteiger partial charge in [-0.25, -0.2) is 0 Å². The lowest BCUT2D eigenvalue weighted by Crippen LogP contribution is -2.46. The Morgan fingerprint density at radius 2 is 1.91 bits per heavy atom. The molecule has 1 aromatic heterocycles. The Balaban J connectivity index is 1.59. The van der Waals surface area contributed by atoms with Crippen molar-refractivity contribution in [1.29, 1.82) is 0 Å². The molecule has 9 heteroatoms. The van der Waals surface area contributed by atoms with Crippen LogP contribution in [0.3, 0.4) is 0 Å². The second-order valence-electron chi connectivity index (χ2n) is 8.93. The molecule has 2 aromatic rings. The largest absolute Gasteiger partial charge is 0.497 e. The molecule has 0 bridgehead atoms. The number of piperazine rings is 1. The molecule has 0 amide bonds. The first-order chi connectivity index (χ1) is 16.7. The summed E-state index contributed by atoms with van der Waals surface area (Å²) in [7, 11) is 3.18. The van der Waals surface area contributed by atoms with Crippen LogP contribution in [0.1, 0.15) is 31.0 Å². The molecule has 4 rings (SSSR count). The van der Waals surface area contributed by atoms with Gasteiger partial charge in [0, 0.05) is 69.0 Å². The molecule has 188 valence electrons. The van der Waals surface area contributed by atoms with E-state index in [1.54, 1.807) is 7.11 Å². The summed E-state index contributed by atoms with van der Waals surface area (Å²) in [4.78, 5) is 4.60. The topological polar surface area (TPSA) is 59.6 Å². The molecule has 0 atom stereocenters. The Kier molecular flexibility index (Phi) is 7.25. The number of alkyl halides is 3. The van der Waals surface area contributed by atoms with E-state index in [9.17, 15) is 13.2 Å². The van der Waals surface area contributed by atoms with Crippen LogP contribution in [-0.2, 0) is 13.2 Å². The van der Waals surface area contributed by atoms with Gasteiger partial charge >= 0.3 is 6.18 Å². The Labute approximate surface area is 204 Å². The number of allylic oxidation sites excluding steroid dienone is 3. The van der Waals surface area contributed by atoms with Gasteiger partial charge in [0.05, 0.1) is 7.11 Å². The molecule has 0 spiro atoms. The van der Waals surface area contributed by atoms with E-state index in [1.807, 2.05) is 37.3 Å². The number of nitrogens with zero attached hydrogens (tertiary/aromatic N) is 4. The second-order valence-corrected chi connectivity index (χ2v) is 8.93. The number of benzene rings is 1. The van der Waals surface area contributed by atoms with Gasteiger partial charge in [0.2, 0.25) is 0 Å². The number of methoxy groups -OCH3 is 1. The highest BCUT2D eigenvalue weighted by molar-refractivity contribution is 5.73. The number of rotatable bonds is 6.